The maximum Gasteiger partial charge on any atom is 0.00361 e. The molecule has 1 atom stereocenters. The molecule has 184 valence electrons. The minimum atomic E-state index is 0. The number of allylic oxidation sites excluding steroid dienone is 4. The first-order valence-electron chi connectivity index (χ1n) is 13.3. The minimum Gasteiger partial charge on any atom is -0.314 e. The molecule has 33 heavy (non-hydrogen) atoms. The minimum absolute atomic E-state index is 0. The second kappa shape index (κ2) is 17.4. The lowest BCUT2D eigenvalue weighted by molar-refractivity contribution is 0.524. The van der Waals surface area contributed by atoms with E-state index in [-0.39, 0.29) is 1.43 Å². The Hall–Kier alpha value is -2.12. The van der Waals surface area contributed by atoms with E-state index < -0.39 is 0 Å². The van der Waals surface area contributed by atoms with Crippen molar-refractivity contribution in [1.82, 2.24) is 5.32 Å². The quantitative estimate of drug-likeness (QED) is 0.376. The molecule has 1 aliphatic rings. The van der Waals surface area contributed by atoms with Gasteiger partial charge in [-0.15, -0.1) is 0 Å². The fraction of sp³-hybridized carbons (Fsp3) is 0.500. The molecule has 0 heterocycles. The van der Waals surface area contributed by atoms with Crippen LogP contribution >= 0.6 is 0 Å². The van der Waals surface area contributed by atoms with E-state index in [0.29, 0.717) is 12.0 Å². The Morgan fingerprint density at radius 2 is 1.48 bits per heavy atom. The molecule has 0 aliphatic heterocycles. The molecule has 3 rings (SSSR count). The van der Waals surface area contributed by atoms with E-state index in [1.807, 2.05) is 13.8 Å². The maximum absolute atomic E-state index is 3.50. The first-order chi connectivity index (χ1) is 16.0. The SMILES string of the molecule is CC.CC[C@@H](C)NCCCc1ccccc1.CCc1ccc(C2=CC=C(C(C)C)CC2)cc1.[HH]. The van der Waals surface area contributed by atoms with E-state index in [9.17, 15) is 0 Å². The van der Waals surface area contributed by atoms with Crippen LogP contribution in [0.2, 0.25) is 0 Å². The highest BCUT2D eigenvalue weighted by Crippen LogP contribution is 2.29. The van der Waals surface area contributed by atoms with Gasteiger partial charge in [0.1, 0.15) is 0 Å². The molecular formula is C32H51N. The second-order valence-electron chi connectivity index (χ2n) is 8.99. The third-order valence-corrected chi connectivity index (χ3v) is 6.25. The first kappa shape index (κ1) is 28.9. The highest BCUT2D eigenvalue weighted by atomic mass is 14.9. The molecule has 2 aromatic rings. The summed E-state index contributed by atoms with van der Waals surface area (Å²) in [5.41, 5.74) is 7.32. The number of rotatable bonds is 9. The Morgan fingerprint density at radius 1 is 0.818 bits per heavy atom. The Kier molecular flexibility index (Phi) is 15.2. The summed E-state index contributed by atoms with van der Waals surface area (Å²) in [5.74, 6) is 0.690. The third-order valence-electron chi connectivity index (χ3n) is 6.25. The van der Waals surface area contributed by atoms with Gasteiger partial charge in [0.2, 0.25) is 0 Å². The van der Waals surface area contributed by atoms with Gasteiger partial charge in [-0.1, -0.05) is 114 Å². The molecule has 0 saturated carbocycles. The lowest BCUT2D eigenvalue weighted by Crippen LogP contribution is -2.26. The molecule has 0 aromatic heterocycles. The van der Waals surface area contributed by atoms with Crippen LogP contribution in [0.4, 0.5) is 0 Å². The largest absolute Gasteiger partial charge is 0.314 e. The van der Waals surface area contributed by atoms with Crippen LogP contribution in [0, 0.1) is 5.92 Å². The summed E-state index contributed by atoms with van der Waals surface area (Å²) in [7, 11) is 0. The van der Waals surface area contributed by atoms with E-state index >= 15 is 0 Å². The van der Waals surface area contributed by atoms with Gasteiger partial charge >= 0.3 is 0 Å². The Bertz CT molecular complexity index is 803. The Labute approximate surface area is 206 Å². The number of benzene rings is 2. The van der Waals surface area contributed by atoms with Crippen LogP contribution in [0.5, 0.6) is 0 Å². The van der Waals surface area contributed by atoms with Crippen LogP contribution in [0.1, 0.15) is 92.3 Å². The second-order valence-corrected chi connectivity index (χ2v) is 8.99. The van der Waals surface area contributed by atoms with Crippen molar-refractivity contribution >= 4 is 5.57 Å². The van der Waals surface area contributed by atoms with Gasteiger partial charge in [-0.25, -0.2) is 0 Å². The van der Waals surface area contributed by atoms with Crippen LogP contribution in [0.15, 0.2) is 72.3 Å². The predicted molar refractivity (Wildman–Crippen MR) is 152 cm³/mol. The molecule has 0 unspecified atom stereocenters. The Morgan fingerprint density at radius 3 is 2.00 bits per heavy atom. The standard InChI is InChI=1S/C17H22.C13H21N.C2H6.H2/c1-4-14-5-7-16(8-6-14)17-11-9-15(10-12-17)13(2)3;1-3-12(2)14-11-7-10-13-8-5-4-6-9-13;1-2;/h5-9,11,13H,4,10,12H2,1-3H3;4-6,8-9,12,14H,3,7,10-11H2,1-2H3;1-2H3;1H/t;12-;;/m.1../s1. The zero-order chi connectivity index (χ0) is 24.5. The molecular weight excluding hydrogens is 398 g/mol. The Balaban J connectivity index is 0.000000591. The summed E-state index contributed by atoms with van der Waals surface area (Å²) in [5, 5.41) is 3.50. The van der Waals surface area contributed by atoms with E-state index in [1.54, 1.807) is 5.57 Å². The number of nitrogens with one attached hydrogen (secondary N) is 1. The topological polar surface area (TPSA) is 12.0 Å². The summed E-state index contributed by atoms with van der Waals surface area (Å²) in [4.78, 5) is 0. The predicted octanol–water partition coefficient (Wildman–Crippen LogP) is 9.29. The van der Waals surface area contributed by atoms with Gasteiger partial charge in [0.05, 0.1) is 0 Å². The van der Waals surface area contributed by atoms with Gasteiger partial charge in [-0.2, -0.15) is 0 Å². The van der Waals surface area contributed by atoms with Crippen LogP contribution in [-0.4, -0.2) is 12.6 Å². The average molecular weight is 450 g/mol. The highest BCUT2D eigenvalue weighted by molar-refractivity contribution is 5.69. The molecule has 1 aliphatic carbocycles. The first-order valence-corrected chi connectivity index (χ1v) is 13.3. The van der Waals surface area contributed by atoms with Crippen LogP contribution in [0.25, 0.3) is 5.57 Å². The van der Waals surface area contributed by atoms with Gasteiger partial charge in [-0.3, -0.25) is 0 Å². The van der Waals surface area contributed by atoms with Gasteiger partial charge < -0.3 is 5.32 Å². The summed E-state index contributed by atoms with van der Waals surface area (Å²) < 4.78 is 0. The van der Waals surface area contributed by atoms with Gasteiger partial charge in [0.25, 0.3) is 0 Å². The van der Waals surface area contributed by atoms with Gasteiger partial charge in [0, 0.05) is 7.47 Å². The molecule has 0 spiro atoms. The molecule has 0 radical (unpaired) electrons. The number of hydrogen-bond acceptors (Lipinski definition) is 1. The van der Waals surface area contributed by atoms with Crippen molar-refractivity contribution in [3.05, 3.63) is 89.0 Å². The smallest absolute Gasteiger partial charge is 0.00361 e. The van der Waals surface area contributed by atoms with Crippen molar-refractivity contribution in [2.75, 3.05) is 6.54 Å². The van der Waals surface area contributed by atoms with Crippen molar-refractivity contribution in [1.29, 1.82) is 0 Å². The summed E-state index contributed by atoms with van der Waals surface area (Å²) in [6.07, 6.45) is 11.8. The molecule has 1 N–H and O–H groups in total. The lowest BCUT2D eigenvalue weighted by Gasteiger charge is -2.17. The molecule has 1 nitrogen and oxygen atoms in total. The van der Waals surface area contributed by atoms with Crippen molar-refractivity contribution < 1.29 is 1.43 Å². The molecule has 0 amide bonds. The van der Waals surface area contributed by atoms with Gasteiger partial charge in [0.15, 0.2) is 0 Å². The van der Waals surface area contributed by atoms with Gasteiger partial charge in [-0.05, 0) is 80.2 Å². The fourth-order valence-electron chi connectivity index (χ4n) is 3.76. The van der Waals surface area contributed by atoms with E-state index in [0.717, 1.165) is 13.0 Å². The van der Waals surface area contributed by atoms with Crippen LogP contribution in [0.3, 0.4) is 0 Å². The summed E-state index contributed by atoms with van der Waals surface area (Å²) in [6.45, 7) is 16.3. The van der Waals surface area contributed by atoms with Crippen LogP contribution in [-0.2, 0) is 12.8 Å². The lowest BCUT2D eigenvalue weighted by atomic mass is 9.88. The molecule has 0 saturated heterocycles. The van der Waals surface area contributed by atoms with Crippen molar-refractivity contribution in [2.45, 2.75) is 93.0 Å². The van der Waals surface area contributed by atoms with Crippen molar-refractivity contribution in [2.24, 2.45) is 5.92 Å². The third kappa shape index (κ3) is 11.5. The van der Waals surface area contributed by atoms with E-state index in [4.69, 9.17) is 0 Å². The number of hydrogen-bond donors (Lipinski definition) is 1. The van der Waals surface area contributed by atoms with Crippen molar-refractivity contribution in [3.8, 4) is 0 Å². The zero-order valence-corrected chi connectivity index (χ0v) is 22.5. The summed E-state index contributed by atoms with van der Waals surface area (Å²) in [6, 6.07) is 20.4. The highest BCUT2D eigenvalue weighted by Gasteiger charge is 2.10. The monoisotopic (exact) mass is 449 g/mol. The average Bonchev–Trinajstić information content (AvgIpc) is 2.88. The molecule has 2 aromatic carbocycles. The number of aryl methyl sites for hydroxylation is 2. The van der Waals surface area contributed by atoms with Crippen LogP contribution < -0.4 is 5.32 Å². The van der Waals surface area contributed by atoms with Crippen molar-refractivity contribution in [3.63, 3.8) is 0 Å². The molecule has 0 bridgehead atoms. The van der Waals surface area contributed by atoms with E-state index in [2.05, 4.69) is 107 Å². The molecule has 0 fully saturated rings. The fourth-order valence-corrected chi connectivity index (χ4v) is 3.76. The summed E-state index contributed by atoms with van der Waals surface area (Å²) >= 11 is 0. The normalized spacial score (nSPS) is 13.7. The molecule has 1 heteroatoms. The zero-order valence-electron chi connectivity index (χ0n) is 22.5. The maximum atomic E-state index is 3.50. The van der Waals surface area contributed by atoms with E-state index in [1.165, 1.54) is 54.4 Å².